The van der Waals surface area contributed by atoms with Crippen molar-refractivity contribution in [2.75, 3.05) is 6.54 Å². The maximum atomic E-state index is 12.4. The highest BCUT2D eigenvalue weighted by molar-refractivity contribution is 7.09. The van der Waals surface area contributed by atoms with Crippen molar-refractivity contribution >= 4 is 17.2 Å². The van der Waals surface area contributed by atoms with Crippen molar-refractivity contribution in [3.05, 3.63) is 34.5 Å². The Morgan fingerprint density at radius 1 is 1.55 bits per heavy atom. The number of aromatic nitrogens is 3. The highest BCUT2D eigenvalue weighted by atomic mass is 32.1. The molecule has 0 bridgehead atoms. The normalized spacial score (nSPS) is 18.6. The molecule has 3 rings (SSSR count). The van der Waals surface area contributed by atoms with Crippen molar-refractivity contribution in [1.29, 1.82) is 0 Å². The number of aryl methyl sites for hydroxylation is 2. The number of hydrogen-bond acceptors (Lipinski definition) is 4. The fourth-order valence-electron chi connectivity index (χ4n) is 2.76. The lowest BCUT2D eigenvalue weighted by Crippen LogP contribution is -2.30. The van der Waals surface area contributed by atoms with Crippen LogP contribution in [0.3, 0.4) is 0 Å². The van der Waals surface area contributed by atoms with Gasteiger partial charge in [0.1, 0.15) is 0 Å². The van der Waals surface area contributed by atoms with Gasteiger partial charge in [0.25, 0.3) is 0 Å². The molecule has 1 amide bonds. The number of nitrogens with zero attached hydrogens (tertiary/aromatic N) is 4. The van der Waals surface area contributed by atoms with Crippen LogP contribution in [0.2, 0.25) is 0 Å². The monoisotopic (exact) mass is 290 g/mol. The summed E-state index contributed by atoms with van der Waals surface area (Å²) in [4.78, 5) is 18.6. The average molecular weight is 290 g/mol. The summed E-state index contributed by atoms with van der Waals surface area (Å²) in [7, 11) is 1.91. The van der Waals surface area contributed by atoms with Crippen molar-refractivity contribution in [2.45, 2.75) is 31.7 Å². The Kier molecular flexibility index (Phi) is 3.82. The Morgan fingerprint density at radius 3 is 3.15 bits per heavy atom. The molecule has 0 aliphatic carbocycles. The number of rotatable bonds is 4. The molecule has 1 saturated heterocycles. The molecule has 2 aromatic rings. The highest BCUT2D eigenvalue weighted by Crippen LogP contribution is 2.32. The first-order valence-corrected chi connectivity index (χ1v) is 7.78. The van der Waals surface area contributed by atoms with Crippen LogP contribution in [0.5, 0.6) is 0 Å². The van der Waals surface area contributed by atoms with E-state index in [1.54, 1.807) is 22.2 Å². The quantitative estimate of drug-likeness (QED) is 0.867. The third-order valence-electron chi connectivity index (χ3n) is 3.72. The first-order chi connectivity index (χ1) is 9.74. The van der Waals surface area contributed by atoms with Crippen molar-refractivity contribution in [2.24, 2.45) is 7.05 Å². The SMILES string of the molecule is Cn1cc(C2CCCN2C(=O)CCc2nccs2)cn1. The summed E-state index contributed by atoms with van der Waals surface area (Å²) >= 11 is 1.61. The molecule has 1 unspecified atom stereocenters. The fourth-order valence-corrected chi connectivity index (χ4v) is 3.38. The molecule has 6 heteroatoms. The third-order valence-corrected chi connectivity index (χ3v) is 4.56. The summed E-state index contributed by atoms with van der Waals surface area (Å²) < 4.78 is 1.80. The van der Waals surface area contributed by atoms with Gasteiger partial charge in [-0.15, -0.1) is 11.3 Å². The van der Waals surface area contributed by atoms with Crippen LogP contribution in [-0.2, 0) is 18.3 Å². The lowest BCUT2D eigenvalue weighted by molar-refractivity contribution is -0.132. The minimum absolute atomic E-state index is 0.201. The zero-order valence-corrected chi connectivity index (χ0v) is 12.3. The van der Waals surface area contributed by atoms with Gasteiger partial charge in [-0.3, -0.25) is 9.48 Å². The largest absolute Gasteiger partial charge is 0.336 e. The standard InChI is InChI=1S/C14H18N4OS/c1-17-10-11(9-16-17)12-3-2-7-18(12)14(19)5-4-13-15-6-8-20-13/h6,8-10,12H,2-5,7H2,1H3. The highest BCUT2D eigenvalue weighted by Gasteiger charge is 2.30. The number of carbonyl (C=O) groups excluding carboxylic acids is 1. The maximum absolute atomic E-state index is 12.4. The Balaban J connectivity index is 1.64. The van der Waals surface area contributed by atoms with Gasteiger partial charge in [-0.2, -0.15) is 5.10 Å². The molecule has 0 spiro atoms. The van der Waals surface area contributed by atoms with E-state index < -0.39 is 0 Å². The van der Waals surface area contributed by atoms with Crippen LogP contribution in [-0.4, -0.2) is 32.1 Å². The maximum Gasteiger partial charge on any atom is 0.223 e. The minimum Gasteiger partial charge on any atom is -0.336 e. The second-order valence-corrected chi connectivity index (χ2v) is 6.10. The van der Waals surface area contributed by atoms with Crippen LogP contribution in [0.4, 0.5) is 0 Å². The summed E-state index contributed by atoms with van der Waals surface area (Å²) in [6.45, 7) is 0.857. The predicted molar refractivity (Wildman–Crippen MR) is 77.3 cm³/mol. The summed E-state index contributed by atoms with van der Waals surface area (Å²) in [5.41, 5.74) is 1.15. The van der Waals surface area contributed by atoms with Crippen molar-refractivity contribution in [3.63, 3.8) is 0 Å². The summed E-state index contributed by atoms with van der Waals surface area (Å²) in [5.74, 6) is 0.228. The van der Waals surface area contributed by atoms with Gasteiger partial charge in [0, 0.05) is 49.8 Å². The van der Waals surface area contributed by atoms with E-state index >= 15 is 0 Å². The first-order valence-electron chi connectivity index (χ1n) is 6.90. The van der Waals surface area contributed by atoms with E-state index in [1.807, 2.05) is 29.7 Å². The van der Waals surface area contributed by atoms with Gasteiger partial charge in [0.2, 0.25) is 5.91 Å². The second kappa shape index (κ2) is 5.75. The molecule has 1 aliphatic heterocycles. The molecule has 1 aliphatic rings. The van der Waals surface area contributed by atoms with Crippen LogP contribution in [0, 0.1) is 0 Å². The zero-order chi connectivity index (χ0) is 13.9. The van der Waals surface area contributed by atoms with E-state index in [4.69, 9.17) is 0 Å². The second-order valence-electron chi connectivity index (χ2n) is 5.12. The van der Waals surface area contributed by atoms with Gasteiger partial charge in [0.15, 0.2) is 0 Å². The molecular formula is C14H18N4OS. The molecule has 0 radical (unpaired) electrons. The topological polar surface area (TPSA) is 51.0 Å². The molecular weight excluding hydrogens is 272 g/mol. The lowest BCUT2D eigenvalue weighted by atomic mass is 10.1. The number of likely N-dealkylation sites (tertiary alicyclic amines) is 1. The summed E-state index contributed by atoms with van der Waals surface area (Å²) in [6, 6.07) is 0.201. The zero-order valence-electron chi connectivity index (χ0n) is 11.5. The molecule has 20 heavy (non-hydrogen) atoms. The Hall–Kier alpha value is -1.69. The van der Waals surface area contributed by atoms with E-state index in [1.165, 1.54) is 0 Å². The van der Waals surface area contributed by atoms with Crippen LogP contribution >= 0.6 is 11.3 Å². The van der Waals surface area contributed by atoms with Gasteiger partial charge in [0.05, 0.1) is 17.2 Å². The first kappa shape index (κ1) is 13.3. The van der Waals surface area contributed by atoms with E-state index in [-0.39, 0.29) is 11.9 Å². The minimum atomic E-state index is 0.201. The van der Waals surface area contributed by atoms with E-state index in [0.717, 1.165) is 36.4 Å². The van der Waals surface area contributed by atoms with Crippen molar-refractivity contribution in [3.8, 4) is 0 Å². The molecule has 2 aromatic heterocycles. The Morgan fingerprint density at radius 2 is 2.45 bits per heavy atom. The smallest absolute Gasteiger partial charge is 0.223 e. The molecule has 3 heterocycles. The Bertz CT molecular complexity index is 578. The van der Waals surface area contributed by atoms with Crippen molar-refractivity contribution in [1.82, 2.24) is 19.7 Å². The van der Waals surface area contributed by atoms with E-state index in [2.05, 4.69) is 10.1 Å². The molecule has 0 saturated carbocycles. The number of hydrogen-bond donors (Lipinski definition) is 0. The summed E-state index contributed by atoms with van der Waals surface area (Å²) in [5, 5.41) is 7.20. The number of amides is 1. The van der Waals surface area contributed by atoms with Gasteiger partial charge < -0.3 is 4.90 Å². The fraction of sp³-hybridized carbons (Fsp3) is 0.500. The molecule has 1 atom stereocenters. The van der Waals surface area contributed by atoms with Crippen molar-refractivity contribution < 1.29 is 4.79 Å². The lowest BCUT2D eigenvalue weighted by Gasteiger charge is -2.23. The van der Waals surface area contributed by atoms with Gasteiger partial charge in [-0.1, -0.05) is 0 Å². The van der Waals surface area contributed by atoms with Gasteiger partial charge in [-0.05, 0) is 12.8 Å². The van der Waals surface area contributed by atoms with Gasteiger partial charge in [-0.25, -0.2) is 4.98 Å². The Labute approximate surface area is 122 Å². The van der Waals surface area contributed by atoms with Gasteiger partial charge >= 0.3 is 0 Å². The summed E-state index contributed by atoms with van der Waals surface area (Å²) in [6.07, 6.45) is 9.07. The predicted octanol–water partition coefficient (Wildman–Crippen LogP) is 2.17. The molecule has 5 nitrogen and oxygen atoms in total. The number of thiazole rings is 1. The average Bonchev–Trinajstić information content (AvgIpc) is 3.16. The van der Waals surface area contributed by atoms with Crippen LogP contribution in [0.15, 0.2) is 24.0 Å². The third kappa shape index (κ3) is 2.75. The van der Waals surface area contributed by atoms with Crippen LogP contribution in [0.1, 0.15) is 35.9 Å². The molecule has 1 fully saturated rings. The van der Waals surface area contributed by atoms with E-state index in [9.17, 15) is 4.79 Å². The number of carbonyl (C=O) groups is 1. The van der Waals surface area contributed by atoms with Crippen LogP contribution < -0.4 is 0 Å². The van der Waals surface area contributed by atoms with Crippen LogP contribution in [0.25, 0.3) is 0 Å². The van der Waals surface area contributed by atoms with E-state index in [0.29, 0.717) is 6.42 Å². The molecule has 0 aromatic carbocycles. The molecule has 106 valence electrons. The molecule has 0 N–H and O–H groups in total.